The maximum absolute atomic E-state index is 12.4. The Morgan fingerprint density at radius 1 is 1.32 bits per heavy atom. The molecule has 0 atom stereocenters. The van der Waals surface area contributed by atoms with Gasteiger partial charge >= 0.3 is 0 Å². The lowest BCUT2D eigenvalue weighted by Gasteiger charge is -2.20. The second-order valence-corrected chi connectivity index (χ2v) is 4.33. The topological polar surface area (TPSA) is 53.2 Å². The molecular formula is C15H16N2O2. The summed E-state index contributed by atoms with van der Waals surface area (Å²) >= 11 is 0. The van der Waals surface area contributed by atoms with Crippen LogP contribution in [0.15, 0.2) is 36.4 Å². The molecule has 98 valence electrons. The molecule has 4 nitrogen and oxygen atoms in total. The summed E-state index contributed by atoms with van der Waals surface area (Å²) in [6, 6.07) is 11.0. The van der Waals surface area contributed by atoms with Gasteiger partial charge in [0.1, 0.15) is 5.69 Å². The number of hydrogen-bond donors (Lipinski definition) is 1. The van der Waals surface area contributed by atoms with Crippen molar-refractivity contribution < 1.29 is 9.59 Å². The Labute approximate surface area is 112 Å². The number of nitrogens with one attached hydrogen (secondary N) is 1. The van der Waals surface area contributed by atoms with Crippen molar-refractivity contribution in [2.24, 2.45) is 0 Å². The van der Waals surface area contributed by atoms with Crippen molar-refractivity contribution in [3.63, 3.8) is 0 Å². The molecule has 0 fully saturated rings. The number of aromatic nitrogens is 1. The molecule has 0 spiro atoms. The summed E-state index contributed by atoms with van der Waals surface area (Å²) in [5.74, 6) is -0.138. The summed E-state index contributed by atoms with van der Waals surface area (Å²) in [6.07, 6.45) is 0.694. The molecule has 1 heterocycles. The number of benzene rings is 1. The average Bonchev–Trinajstić information content (AvgIpc) is 2.88. The molecule has 19 heavy (non-hydrogen) atoms. The zero-order valence-electron chi connectivity index (χ0n) is 11.0. The third-order valence-corrected chi connectivity index (χ3v) is 2.94. The molecule has 0 radical (unpaired) electrons. The highest BCUT2D eigenvalue weighted by Crippen LogP contribution is 2.18. The second-order valence-electron chi connectivity index (χ2n) is 4.33. The fourth-order valence-corrected chi connectivity index (χ4v) is 1.99. The van der Waals surface area contributed by atoms with Gasteiger partial charge in [0.2, 0.25) is 0 Å². The fourth-order valence-electron chi connectivity index (χ4n) is 1.99. The van der Waals surface area contributed by atoms with Crippen LogP contribution in [0.4, 0.5) is 5.69 Å². The number of nitrogens with zero attached hydrogens (tertiary/aromatic N) is 1. The maximum Gasteiger partial charge on any atom is 0.274 e. The molecule has 0 saturated heterocycles. The predicted molar refractivity (Wildman–Crippen MR) is 74.7 cm³/mol. The van der Waals surface area contributed by atoms with Crippen LogP contribution in [0.2, 0.25) is 0 Å². The molecule has 0 aliphatic rings. The highest BCUT2D eigenvalue weighted by atomic mass is 16.2. The lowest BCUT2D eigenvalue weighted by molar-refractivity contribution is 0.0984. The maximum atomic E-state index is 12.4. The smallest absolute Gasteiger partial charge is 0.274 e. The van der Waals surface area contributed by atoms with Gasteiger partial charge in [0.15, 0.2) is 6.29 Å². The Hall–Kier alpha value is -2.36. The van der Waals surface area contributed by atoms with Crippen molar-refractivity contribution in [3.05, 3.63) is 53.3 Å². The van der Waals surface area contributed by atoms with Crippen LogP contribution >= 0.6 is 0 Å². The largest absolute Gasteiger partial charge is 0.348 e. The number of carbonyl (C=O) groups is 2. The number of aryl methyl sites for hydroxylation is 1. The van der Waals surface area contributed by atoms with Crippen LogP contribution in [0.1, 0.15) is 33.5 Å². The molecule has 4 heteroatoms. The predicted octanol–water partition coefficient (Wildman–Crippen LogP) is 2.80. The third kappa shape index (κ3) is 2.73. The molecule has 0 bridgehead atoms. The van der Waals surface area contributed by atoms with Gasteiger partial charge in [-0.2, -0.15) is 0 Å². The van der Waals surface area contributed by atoms with Gasteiger partial charge < -0.3 is 9.88 Å². The van der Waals surface area contributed by atoms with Crippen molar-refractivity contribution in [3.8, 4) is 0 Å². The molecule has 0 aliphatic carbocycles. The Morgan fingerprint density at radius 2 is 2.11 bits per heavy atom. The van der Waals surface area contributed by atoms with Crippen LogP contribution in [0.5, 0.6) is 0 Å². The summed E-state index contributed by atoms with van der Waals surface area (Å²) < 4.78 is 0. The normalized spacial score (nSPS) is 10.2. The van der Waals surface area contributed by atoms with Crippen LogP contribution in [0, 0.1) is 6.92 Å². The average molecular weight is 256 g/mol. The van der Waals surface area contributed by atoms with E-state index < -0.39 is 0 Å². The van der Waals surface area contributed by atoms with E-state index in [4.69, 9.17) is 0 Å². The van der Waals surface area contributed by atoms with Gasteiger partial charge in [-0.15, -0.1) is 0 Å². The van der Waals surface area contributed by atoms with Crippen molar-refractivity contribution in [2.45, 2.75) is 13.8 Å². The van der Waals surface area contributed by atoms with E-state index in [1.807, 2.05) is 38.1 Å². The number of H-pyrrole nitrogens is 1. The minimum absolute atomic E-state index is 0.138. The minimum atomic E-state index is -0.138. The summed E-state index contributed by atoms with van der Waals surface area (Å²) in [7, 11) is 0. The van der Waals surface area contributed by atoms with Gasteiger partial charge in [-0.25, -0.2) is 0 Å². The Morgan fingerprint density at radius 3 is 2.68 bits per heavy atom. The number of aldehydes is 1. The van der Waals surface area contributed by atoms with Gasteiger partial charge in [0, 0.05) is 12.2 Å². The van der Waals surface area contributed by atoms with Crippen LogP contribution in [0.3, 0.4) is 0 Å². The first-order valence-corrected chi connectivity index (χ1v) is 6.18. The highest BCUT2D eigenvalue weighted by Gasteiger charge is 2.17. The molecule has 0 saturated carbocycles. The van der Waals surface area contributed by atoms with Crippen molar-refractivity contribution >= 4 is 17.9 Å². The summed E-state index contributed by atoms with van der Waals surface area (Å²) in [4.78, 5) is 27.5. The van der Waals surface area contributed by atoms with Gasteiger partial charge in [-0.1, -0.05) is 12.1 Å². The lowest BCUT2D eigenvalue weighted by atomic mass is 10.2. The molecular weight excluding hydrogens is 240 g/mol. The Kier molecular flexibility index (Phi) is 3.80. The van der Waals surface area contributed by atoms with E-state index in [9.17, 15) is 9.59 Å². The van der Waals surface area contributed by atoms with Crippen LogP contribution in [-0.4, -0.2) is 23.7 Å². The van der Waals surface area contributed by atoms with Gasteiger partial charge in [-0.3, -0.25) is 9.59 Å². The summed E-state index contributed by atoms with van der Waals surface area (Å²) in [5, 5.41) is 0. The van der Waals surface area contributed by atoms with E-state index in [1.165, 1.54) is 0 Å². The van der Waals surface area contributed by atoms with E-state index in [-0.39, 0.29) is 5.91 Å². The zero-order valence-corrected chi connectivity index (χ0v) is 11.0. The Bertz CT molecular complexity index is 602. The molecule has 0 aliphatic heterocycles. The zero-order chi connectivity index (χ0) is 13.8. The molecule has 2 rings (SSSR count). The molecule has 2 aromatic rings. The van der Waals surface area contributed by atoms with Gasteiger partial charge in [-0.05, 0) is 43.7 Å². The SMILES string of the molecule is CCN(C(=O)c1ccc(C=O)[nH]1)c1cccc(C)c1. The fraction of sp³-hybridized carbons (Fsp3) is 0.200. The molecule has 1 N–H and O–H groups in total. The molecule has 1 aromatic carbocycles. The van der Waals surface area contributed by atoms with Crippen LogP contribution in [0.25, 0.3) is 0 Å². The first-order chi connectivity index (χ1) is 9.15. The summed E-state index contributed by atoms with van der Waals surface area (Å²) in [6.45, 7) is 4.47. The van der Waals surface area contributed by atoms with E-state index in [0.29, 0.717) is 24.2 Å². The monoisotopic (exact) mass is 256 g/mol. The number of hydrogen-bond acceptors (Lipinski definition) is 2. The van der Waals surface area contributed by atoms with Crippen molar-refractivity contribution in [1.82, 2.24) is 4.98 Å². The number of carbonyl (C=O) groups excluding carboxylic acids is 2. The molecule has 1 aromatic heterocycles. The summed E-state index contributed by atoms with van der Waals surface area (Å²) in [5.41, 5.74) is 2.78. The van der Waals surface area contributed by atoms with E-state index in [0.717, 1.165) is 11.3 Å². The standard InChI is InChI=1S/C15H16N2O2/c1-3-17(13-6-4-5-11(2)9-13)15(19)14-8-7-12(10-18)16-14/h4-10,16H,3H2,1-2H3. The number of amides is 1. The van der Waals surface area contributed by atoms with Crippen molar-refractivity contribution in [1.29, 1.82) is 0 Å². The molecule has 0 unspecified atom stereocenters. The number of rotatable bonds is 4. The third-order valence-electron chi connectivity index (χ3n) is 2.94. The first kappa shape index (κ1) is 13.1. The van der Waals surface area contributed by atoms with Gasteiger partial charge in [0.05, 0.1) is 5.69 Å². The van der Waals surface area contributed by atoms with Gasteiger partial charge in [0.25, 0.3) is 5.91 Å². The second kappa shape index (κ2) is 5.52. The lowest BCUT2D eigenvalue weighted by Crippen LogP contribution is -2.30. The number of aromatic amines is 1. The van der Waals surface area contributed by atoms with E-state index >= 15 is 0 Å². The molecule has 1 amide bonds. The Balaban J connectivity index is 2.31. The van der Waals surface area contributed by atoms with E-state index in [1.54, 1.807) is 17.0 Å². The first-order valence-electron chi connectivity index (χ1n) is 6.18. The van der Waals surface area contributed by atoms with E-state index in [2.05, 4.69) is 4.98 Å². The highest BCUT2D eigenvalue weighted by molar-refractivity contribution is 6.05. The van der Waals surface area contributed by atoms with Crippen LogP contribution < -0.4 is 4.90 Å². The quantitative estimate of drug-likeness (QED) is 0.855. The number of anilines is 1. The van der Waals surface area contributed by atoms with Crippen LogP contribution in [-0.2, 0) is 0 Å². The van der Waals surface area contributed by atoms with Crippen molar-refractivity contribution in [2.75, 3.05) is 11.4 Å². The minimum Gasteiger partial charge on any atom is -0.348 e.